The van der Waals surface area contributed by atoms with Crippen molar-refractivity contribution in [1.82, 2.24) is 0 Å². The van der Waals surface area contributed by atoms with Crippen LogP contribution in [0.2, 0.25) is 0 Å². The number of nitro benzene ring substituents is 1. The largest absolute Gasteiger partial charge is 0.494 e. The summed E-state index contributed by atoms with van der Waals surface area (Å²) < 4.78 is 17.1. The number of carboxylic acids is 1. The highest BCUT2D eigenvalue weighted by molar-refractivity contribution is 5.79. The van der Waals surface area contributed by atoms with Gasteiger partial charge in [-0.25, -0.2) is 4.79 Å². The molecule has 2 aliphatic heterocycles. The van der Waals surface area contributed by atoms with E-state index in [1.165, 1.54) is 38.5 Å². The molecule has 0 spiro atoms. The van der Waals surface area contributed by atoms with Crippen molar-refractivity contribution in [1.29, 1.82) is 0 Å². The molecule has 13 nitrogen and oxygen atoms in total. The number of benzene rings is 3. The van der Waals surface area contributed by atoms with E-state index < -0.39 is 17.5 Å². The molecule has 0 saturated heterocycles. The SMILES string of the molecule is COc1cc(N=Nc2cc3c4c(c2OCC(=O)O)C(C)(C)CCN4CCC3(C)C)c(OC)cc1N=Nc1ccc([N+](=O)[O-])cc1. The Bertz CT molecular complexity index is 1700. The predicted molar refractivity (Wildman–Crippen MR) is 168 cm³/mol. The molecule has 0 aliphatic carbocycles. The molecule has 0 aromatic heterocycles. The average molecular weight is 617 g/mol. The van der Waals surface area contributed by atoms with Gasteiger partial charge in [0.2, 0.25) is 0 Å². The zero-order valence-corrected chi connectivity index (χ0v) is 26.2. The molecular formula is C32H36N6O7. The lowest BCUT2D eigenvalue weighted by Gasteiger charge is -2.48. The molecule has 45 heavy (non-hydrogen) atoms. The van der Waals surface area contributed by atoms with Crippen molar-refractivity contribution in [3.63, 3.8) is 0 Å². The number of methoxy groups -OCH3 is 2. The second-order valence-electron chi connectivity index (χ2n) is 12.3. The van der Waals surface area contributed by atoms with Crippen LogP contribution < -0.4 is 19.1 Å². The summed E-state index contributed by atoms with van der Waals surface area (Å²) >= 11 is 0. The molecule has 0 unspecified atom stereocenters. The maximum absolute atomic E-state index is 11.6. The number of azo groups is 2. The molecular weight excluding hydrogens is 580 g/mol. The molecule has 3 aromatic carbocycles. The number of carboxylic acid groups (broad SMARTS) is 1. The van der Waals surface area contributed by atoms with Gasteiger partial charge in [0, 0.05) is 48.6 Å². The minimum atomic E-state index is -1.08. The third kappa shape index (κ3) is 6.28. The van der Waals surface area contributed by atoms with Gasteiger partial charge in [-0.15, -0.1) is 15.3 Å². The van der Waals surface area contributed by atoms with Crippen molar-refractivity contribution in [3.05, 3.63) is 63.7 Å². The number of hydrogen-bond donors (Lipinski definition) is 1. The van der Waals surface area contributed by atoms with Gasteiger partial charge in [0.1, 0.15) is 28.6 Å². The number of nitro groups is 1. The number of anilines is 1. The molecule has 0 radical (unpaired) electrons. The predicted octanol–water partition coefficient (Wildman–Crippen LogP) is 8.08. The summed E-state index contributed by atoms with van der Waals surface area (Å²) in [6, 6.07) is 10.9. The Morgan fingerprint density at radius 2 is 1.44 bits per heavy atom. The number of nitrogens with zero attached hydrogens (tertiary/aromatic N) is 6. The normalized spacial score (nSPS) is 16.4. The van der Waals surface area contributed by atoms with Crippen LogP contribution in [0.5, 0.6) is 17.2 Å². The molecule has 0 amide bonds. The quantitative estimate of drug-likeness (QED) is 0.136. The Labute approximate surface area is 260 Å². The molecule has 0 fully saturated rings. The van der Waals surface area contributed by atoms with Crippen molar-refractivity contribution in [2.24, 2.45) is 20.5 Å². The first-order valence-corrected chi connectivity index (χ1v) is 14.5. The van der Waals surface area contributed by atoms with Crippen molar-refractivity contribution < 1.29 is 29.0 Å². The first kappa shape index (κ1) is 31.4. The fourth-order valence-electron chi connectivity index (χ4n) is 5.77. The van der Waals surface area contributed by atoms with Gasteiger partial charge < -0.3 is 24.2 Å². The highest BCUT2D eigenvalue weighted by Crippen LogP contribution is 2.56. The van der Waals surface area contributed by atoms with E-state index in [1.54, 1.807) is 12.1 Å². The van der Waals surface area contributed by atoms with Crippen LogP contribution >= 0.6 is 0 Å². The zero-order chi connectivity index (χ0) is 32.5. The topological polar surface area (TPSA) is 161 Å². The highest BCUT2D eigenvalue weighted by Gasteiger charge is 2.43. The van der Waals surface area contributed by atoms with E-state index in [9.17, 15) is 20.0 Å². The Morgan fingerprint density at radius 1 is 0.889 bits per heavy atom. The second kappa shape index (κ2) is 12.1. The molecule has 236 valence electrons. The van der Waals surface area contributed by atoms with Crippen LogP contribution in [0.15, 0.2) is 62.9 Å². The molecule has 0 bridgehead atoms. The van der Waals surface area contributed by atoms with E-state index in [0.717, 1.165) is 42.7 Å². The minimum Gasteiger partial charge on any atom is -0.494 e. The molecule has 2 heterocycles. The second-order valence-corrected chi connectivity index (χ2v) is 12.3. The summed E-state index contributed by atoms with van der Waals surface area (Å²) in [5.41, 5.74) is 4.23. The number of carbonyl (C=O) groups is 1. The lowest BCUT2D eigenvalue weighted by atomic mass is 9.69. The van der Waals surface area contributed by atoms with Gasteiger partial charge in [0.15, 0.2) is 12.4 Å². The summed E-state index contributed by atoms with van der Waals surface area (Å²) in [6.45, 7) is 10.0. The summed E-state index contributed by atoms with van der Waals surface area (Å²) in [6.07, 6.45) is 1.84. The fourth-order valence-corrected chi connectivity index (χ4v) is 5.77. The summed E-state index contributed by atoms with van der Waals surface area (Å²) in [4.78, 5) is 24.4. The zero-order valence-electron chi connectivity index (χ0n) is 26.2. The molecule has 0 atom stereocenters. The number of rotatable bonds is 10. The highest BCUT2D eigenvalue weighted by atomic mass is 16.6. The van der Waals surface area contributed by atoms with Crippen molar-refractivity contribution in [2.45, 2.75) is 51.4 Å². The summed E-state index contributed by atoms with van der Waals surface area (Å²) in [7, 11) is 2.97. The van der Waals surface area contributed by atoms with E-state index in [1.807, 2.05) is 6.07 Å². The van der Waals surface area contributed by atoms with Gasteiger partial charge in [-0.1, -0.05) is 27.7 Å². The van der Waals surface area contributed by atoms with E-state index >= 15 is 0 Å². The molecule has 1 N–H and O–H groups in total. The Balaban J connectivity index is 1.58. The number of hydrogen-bond acceptors (Lipinski definition) is 11. The molecule has 3 aromatic rings. The van der Waals surface area contributed by atoms with Gasteiger partial charge in [0.05, 0.1) is 24.8 Å². The number of ether oxygens (including phenoxy) is 3. The molecule has 5 rings (SSSR count). The monoisotopic (exact) mass is 616 g/mol. The molecule has 13 heteroatoms. The van der Waals surface area contributed by atoms with Crippen LogP contribution in [0.3, 0.4) is 0 Å². The van der Waals surface area contributed by atoms with E-state index in [2.05, 4.69) is 53.1 Å². The van der Waals surface area contributed by atoms with Crippen LogP contribution in [-0.4, -0.2) is 49.9 Å². The summed E-state index contributed by atoms with van der Waals surface area (Å²) in [5, 5.41) is 38.0. The van der Waals surface area contributed by atoms with Gasteiger partial charge in [0.25, 0.3) is 5.69 Å². The Hall–Kier alpha value is -5.07. The first-order valence-electron chi connectivity index (χ1n) is 14.5. The molecule has 0 saturated carbocycles. The summed E-state index contributed by atoms with van der Waals surface area (Å²) in [5.74, 6) is 0.0118. The van der Waals surface area contributed by atoms with Crippen LogP contribution in [0.4, 0.5) is 34.1 Å². The maximum atomic E-state index is 11.6. The lowest BCUT2D eigenvalue weighted by Crippen LogP contribution is -2.44. The standard InChI is InChI=1S/C32H36N6O7/c1-31(2)11-13-37-14-12-32(3,4)28-29(37)21(31)15-24(30(28)45-18-27(39)40)36-35-23-17-25(43-5)22(16-26(23)44-6)34-33-19-7-9-20(10-8-19)38(41)42/h7-10,15-17H,11-14,18H2,1-6H3,(H,39,40). The van der Waals surface area contributed by atoms with Crippen LogP contribution in [0, 0.1) is 10.1 Å². The van der Waals surface area contributed by atoms with Gasteiger partial charge in [-0.3, -0.25) is 10.1 Å². The first-order chi connectivity index (χ1) is 21.3. The van der Waals surface area contributed by atoms with Crippen molar-refractivity contribution in [3.8, 4) is 17.2 Å². The Kier molecular flexibility index (Phi) is 8.46. The van der Waals surface area contributed by atoms with E-state index in [4.69, 9.17) is 14.2 Å². The number of non-ortho nitro benzene ring substituents is 1. The third-order valence-corrected chi connectivity index (χ3v) is 8.39. The number of aliphatic carboxylic acids is 1. The fraction of sp³-hybridized carbons (Fsp3) is 0.406. The van der Waals surface area contributed by atoms with Crippen molar-refractivity contribution >= 4 is 40.1 Å². The van der Waals surface area contributed by atoms with Crippen LogP contribution in [0.1, 0.15) is 51.7 Å². The minimum absolute atomic E-state index is 0.0490. The smallest absolute Gasteiger partial charge is 0.341 e. The van der Waals surface area contributed by atoms with E-state index in [0.29, 0.717) is 40.0 Å². The van der Waals surface area contributed by atoms with Crippen LogP contribution in [-0.2, 0) is 15.6 Å². The van der Waals surface area contributed by atoms with Crippen LogP contribution in [0.25, 0.3) is 0 Å². The Morgan fingerprint density at radius 3 is 2.00 bits per heavy atom. The van der Waals surface area contributed by atoms with Gasteiger partial charge in [-0.2, -0.15) is 5.11 Å². The van der Waals surface area contributed by atoms with Gasteiger partial charge in [-0.05, 0) is 47.4 Å². The maximum Gasteiger partial charge on any atom is 0.341 e. The lowest BCUT2D eigenvalue weighted by molar-refractivity contribution is -0.384. The molecule has 2 aliphatic rings. The van der Waals surface area contributed by atoms with E-state index in [-0.39, 0.29) is 16.5 Å². The van der Waals surface area contributed by atoms with Gasteiger partial charge >= 0.3 is 5.97 Å². The van der Waals surface area contributed by atoms with Crippen molar-refractivity contribution in [2.75, 3.05) is 38.8 Å². The third-order valence-electron chi connectivity index (χ3n) is 8.39. The average Bonchev–Trinajstić information content (AvgIpc) is 3.00.